The summed E-state index contributed by atoms with van der Waals surface area (Å²) in [6, 6.07) is 9.90. The fraction of sp³-hybridized carbons (Fsp3) is 0.250. The lowest BCUT2D eigenvalue weighted by Crippen LogP contribution is -2.02. The zero-order chi connectivity index (χ0) is 9.10. The summed E-state index contributed by atoms with van der Waals surface area (Å²) in [4.78, 5) is 10.9. The van der Waals surface area contributed by atoms with Gasteiger partial charge in [-0.1, -0.05) is 35.9 Å². The number of benzene rings is 1. The highest BCUT2D eigenvalue weighted by atomic mass is 16.1. The van der Waals surface area contributed by atoms with Gasteiger partial charge >= 0.3 is 0 Å². The first-order chi connectivity index (χ1) is 6.42. The van der Waals surface area contributed by atoms with Crippen LogP contribution in [0.1, 0.15) is 24.8 Å². The van der Waals surface area contributed by atoms with Gasteiger partial charge in [0.05, 0.1) is 0 Å². The number of carbonyl (C=O) groups is 1. The molecule has 1 aromatic carbocycles. The molecule has 0 bridgehead atoms. The zero-order valence-electron chi connectivity index (χ0n) is 7.49. The average Bonchev–Trinajstić information content (AvgIpc) is 2.12. The molecule has 13 heavy (non-hydrogen) atoms. The van der Waals surface area contributed by atoms with Crippen molar-refractivity contribution >= 4 is 11.9 Å². The van der Waals surface area contributed by atoms with Gasteiger partial charge in [-0.3, -0.25) is 4.79 Å². The summed E-state index contributed by atoms with van der Waals surface area (Å²) < 4.78 is 0. The van der Waals surface area contributed by atoms with Gasteiger partial charge in [0.1, 0.15) is 0 Å². The number of allylic oxidation sites excluding steroid dienone is 2. The molecule has 1 aliphatic rings. The summed E-state index contributed by atoms with van der Waals surface area (Å²) in [7, 11) is 0. The Kier molecular flexibility index (Phi) is 2.26. The van der Waals surface area contributed by atoms with Crippen molar-refractivity contribution in [2.45, 2.75) is 19.3 Å². The van der Waals surface area contributed by atoms with E-state index in [1.807, 2.05) is 30.3 Å². The summed E-state index contributed by atoms with van der Waals surface area (Å²) in [5.74, 6) is 0. The Morgan fingerprint density at radius 3 is 2.31 bits per heavy atom. The predicted molar refractivity (Wildman–Crippen MR) is 53.3 cm³/mol. The largest absolute Gasteiger partial charge is 0.298 e. The van der Waals surface area contributed by atoms with Crippen molar-refractivity contribution in [3.8, 4) is 0 Å². The molecule has 0 N–H and O–H groups in total. The van der Waals surface area contributed by atoms with Gasteiger partial charge < -0.3 is 0 Å². The van der Waals surface area contributed by atoms with Gasteiger partial charge in [-0.15, -0.1) is 0 Å². The smallest absolute Gasteiger partial charge is 0.150 e. The Bertz CT molecular complexity index is 329. The van der Waals surface area contributed by atoms with Crippen molar-refractivity contribution < 1.29 is 4.79 Å². The van der Waals surface area contributed by atoms with E-state index >= 15 is 0 Å². The average molecular weight is 172 g/mol. The molecule has 0 aromatic heterocycles. The third-order valence-corrected chi connectivity index (χ3v) is 2.54. The lowest BCUT2D eigenvalue weighted by molar-refractivity contribution is -0.103. The first-order valence-electron chi connectivity index (χ1n) is 4.64. The van der Waals surface area contributed by atoms with Gasteiger partial charge in [0, 0.05) is 5.57 Å². The van der Waals surface area contributed by atoms with Crippen LogP contribution in [0.3, 0.4) is 0 Å². The second kappa shape index (κ2) is 3.56. The maximum atomic E-state index is 10.9. The Labute approximate surface area is 78.1 Å². The van der Waals surface area contributed by atoms with Crippen LogP contribution in [0.15, 0.2) is 35.9 Å². The SMILES string of the molecule is O=CC(=C1CCC1)c1ccccc1. The molecule has 1 fully saturated rings. The Morgan fingerprint density at radius 1 is 1.15 bits per heavy atom. The van der Waals surface area contributed by atoms with Crippen molar-refractivity contribution in [1.29, 1.82) is 0 Å². The molecule has 0 heterocycles. The standard InChI is InChI=1S/C12H12O/c13-9-12(11-7-4-8-11)10-5-2-1-3-6-10/h1-3,5-6,9H,4,7-8H2. The molecule has 0 spiro atoms. The zero-order valence-corrected chi connectivity index (χ0v) is 7.49. The van der Waals surface area contributed by atoms with E-state index in [4.69, 9.17) is 0 Å². The summed E-state index contributed by atoms with van der Waals surface area (Å²) in [6.07, 6.45) is 4.43. The van der Waals surface area contributed by atoms with Gasteiger partial charge in [0.25, 0.3) is 0 Å². The minimum Gasteiger partial charge on any atom is -0.298 e. The summed E-state index contributed by atoms with van der Waals surface area (Å²) in [5, 5.41) is 0. The number of hydrogen-bond acceptors (Lipinski definition) is 1. The molecule has 66 valence electrons. The van der Waals surface area contributed by atoms with Gasteiger partial charge in [0.2, 0.25) is 0 Å². The fourth-order valence-electron chi connectivity index (χ4n) is 1.60. The molecule has 0 aliphatic heterocycles. The topological polar surface area (TPSA) is 17.1 Å². The van der Waals surface area contributed by atoms with Crippen LogP contribution in [0.5, 0.6) is 0 Å². The van der Waals surface area contributed by atoms with Crippen molar-refractivity contribution in [3.05, 3.63) is 41.5 Å². The van der Waals surface area contributed by atoms with Gasteiger partial charge in [0.15, 0.2) is 6.29 Å². The molecule has 0 unspecified atom stereocenters. The first-order valence-corrected chi connectivity index (χ1v) is 4.64. The van der Waals surface area contributed by atoms with E-state index < -0.39 is 0 Å². The molecule has 1 aromatic rings. The van der Waals surface area contributed by atoms with Gasteiger partial charge in [-0.2, -0.15) is 0 Å². The molecular weight excluding hydrogens is 160 g/mol. The van der Waals surface area contributed by atoms with Crippen molar-refractivity contribution in [1.82, 2.24) is 0 Å². The molecule has 1 saturated carbocycles. The number of rotatable bonds is 2. The molecule has 0 saturated heterocycles. The van der Waals surface area contributed by atoms with E-state index in [2.05, 4.69) is 0 Å². The molecule has 1 nitrogen and oxygen atoms in total. The van der Waals surface area contributed by atoms with Crippen LogP contribution in [0, 0.1) is 0 Å². The van der Waals surface area contributed by atoms with E-state index in [-0.39, 0.29) is 0 Å². The van der Waals surface area contributed by atoms with Gasteiger partial charge in [-0.25, -0.2) is 0 Å². The van der Waals surface area contributed by atoms with Crippen LogP contribution in [-0.2, 0) is 4.79 Å². The Hall–Kier alpha value is -1.37. The van der Waals surface area contributed by atoms with E-state index in [1.165, 1.54) is 12.0 Å². The van der Waals surface area contributed by atoms with Crippen LogP contribution < -0.4 is 0 Å². The quantitative estimate of drug-likeness (QED) is 0.495. The third kappa shape index (κ3) is 1.55. The summed E-state index contributed by atoms with van der Waals surface area (Å²) in [6.45, 7) is 0. The van der Waals surface area contributed by atoms with Crippen LogP contribution in [0.2, 0.25) is 0 Å². The van der Waals surface area contributed by atoms with Gasteiger partial charge in [-0.05, 0) is 24.8 Å². The molecule has 2 rings (SSSR count). The summed E-state index contributed by atoms with van der Waals surface area (Å²) in [5.41, 5.74) is 3.29. The maximum absolute atomic E-state index is 10.9. The second-order valence-corrected chi connectivity index (χ2v) is 3.35. The minimum atomic E-state index is 0.909. The van der Waals surface area contributed by atoms with Crippen LogP contribution in [0.4, 0.5) is 0 Å². The number of carbonyl (C=O) groups excluding carboxylic acids is 1. The van der Waals surface area contributed by atoms with E-state index in [9.17, 15) is 4.79 Å². The highest BCUT2D eigenvalue weighted by Gasteiger charge is 2.14. The molecule has 0 atom stereocenters. The second-order valence-electron chi connectivity index (χ2n) is 3.35. The van der Waals surface area contributed by atoms with E-state index in [0.717, 1.165) is 30.3 Å². The maximum Gasteiger partial charge on any atom is 0.150 e. The third-order valence-electron chi connectivity index (χ3n) is 2.54. The minimum absolute atomic E-state index is 0.909. The molecular formula is C12H12O. The highest BCUT2D eigenvalue weighted by molar-refractivity contribution is 6.08. The summed E-state index contributed by atoms with van der Waals surface area (Å²) >= 11 is 0. The van der Waals surface area contributed by atoms with Crippen LogP contribution in [0.25, 0.3) is 5.57 Å². The molecule has 1 aliphatic carbocycles. The Morgan fingerprint density at radius 2 is 1.85 bits per heavy atom. The lowest BCUT2D eigenvalue weighted by Gasteiger charge is -2.19. The normalized spacial score (nSPS) is 14.9. The molecule has 1 heteroatoms. The molecule has 0 radical (unpaired) electrons. The monoisotopic (exact) mass is 172 g/mol. The first kappa shape index (κ1) is 8.24. The van der Waals surface area contributed by atoms with Crippen LogP contribution >= 0.6 is 0 Å². The van der Waals surface area contributed by atoms with Crippen molar-refractivity contribution in [3.63, 3.8) is 0 Å². The van der Waals surface area contributed by atoms with Crippen LogP contribution in [-0.4, -0.2) is 6.29 Å². The van der Waals surface area contributed by atoms with Crippen molar-refractivity contribution in [2.24, 2.45) is 0 Å². The lowest BCUT2D eigenvalue weighted by atomic mass is 9.86. The van der Waals surface area contributed by atoms with E-state index in [0.29, 0.717) is 0 Å². The van der Waals surface area contributed by atoms with E-state index in [1.54, 1.807) is 0 Å². The van der Waals surface area contributed by atoms with Crippen molar-refractivity contribution in [2.75, 3.05) is 0 Å². The fourth-order valence-corrected chi connectivity index (χ4v) is 1.60. The molecule has 0 amide bonds. The Balaban J connectivity index is 2.38. The number of aldehydes is 1. The highest BCUT2D eigenvalue weighted by Crippen LogP contribution is 2.32. The predicted octanol–water partition coefficient (Wildman–Crippen LogP) is 2.82. The number of hydrogen-bond donors (Lipinski definition) is 0.